The van der Waals surface area contributed by atoms with E-state index in [0.29, 0.717) is 6.54 Å². The van der Waals surface area contributed by atoms with E-state index in [1.807, 2.05) is 47.4 Å². The smallest absolute Gasteiger partial charge is 0.191 e. The van der Waals surface area contributed by atoms with Crippen LogP contribution in [0.25, 0.3) is 16.6 Å². The summed E-state index contributed by atoms with van der Waals surface area (Å²) in [6, 6.07) is 16.6. The third kappa shape index (κ3) is 4.48. The van der Waals surface area contributed by atoms with Gasteiger partial charge in [0.2, 0.25) is 0 Å². The molecule has 0 aliphatic carbocycles. The van der Waals surface area contributed by atoms with Crippen LogP contribution in [0.4, 0.5) is 0 Å². The van der Waals surface area contributed by atoms with Gasteiger partial charge in [-0.15, -0.1) is 0 Å². The number of aromatic nitrogens is 3. The van der Waals surface area contributed by atoms with E-state index in [9.17, 15) is 0 Å². The van der Waals surface area contributed by atoms with Gasteiger partial charge in [-0.1, -0.05) is 30.3 Å². The maximum absolute atomic E-state index is 4.43. The van der Waals surface area contributed by atoms with Gasteiger partial charge in [0.25, 0.3) is 0 Å². The van der Waals surface area contributed by atoms with Crippen LogP contribution in [0, 0.1) is 6.92 Å². The summed E-state index contributed by atoms with van der Waals surface area (Å²) < 4.78 is 1.88. The van der Waals surface area contributed by atoms with Gasteiger partial charge in [-0.25, -0.2) is 4.68 Å². The summed E-state index contributed by atoms with van der Waals surface area (Å²) in [5.41, 5.74) is 5.92. The largest absolute Gasteiger partial charge is 0.361 e. The van der Waals surface area contributed by atoms with Crippen LogP contribution in [0.3, 0.4) is 0 Å². The molecule has 3 N–H and O–H groups in total. The molecule has 0 unspecified atom stereocenters. The molecule has 4 aromatic rings. The predicted molar refractivity (Wildman–Crippen MR) is 119 cm³/mol. The molecule has 0 saturated carbocycles. The Morgan fingerprint density at radius 3 is 2.83 bits per heavy atom. The molecule has 0 atom stereocenters. The van der Waals surface area contributed by atoms with E-state index in [-0.39, 0.29) is 0 Å². The lowest BCUT2D eigenvalue weighted by molar-refractivity contribution is 0.796. The Bertz CT molecular complexity index is 1110. The highest BCUT2D eigenvalue weighted by molar-refractivity contribution is 5.84. The summed E-state index contributed by atoms with van der Waals surface area (Å²) in [5.74, 6) is 0.785. The third-order valence-corrected chi connectivity index (χ3v) is 4.95. The van der Waals surface area contributed by atoms with E-state index in [0.717, 1.165) is 30.2 Å². The number of aryl methyl sites for hydroxylation is 1. The van der Waals surface area contributed by atoms with Crippen molar-refractivity contribution >= 4 is 16.9 Å². The maximum atomic E-state index is 4.43. The lowest BCUT2D eigenvalue weighted by Gasteiger charge is -2.11. The van der Waals surface area contributed by atoms with Gasteiger partial charge in [0.15, 0.2) is 5.96 Å². The number of fused-ring (bicyclic) bond motifs is 1. The summed E-state index contributed by atoms with van der Waals surface area (Å²) >= 11 is 0. The number of guanidine groups is 1. The highest BCUT2D eigenvalue weighted by Crippen LogP contribution is 2.19. The number of para-hydroxylation sites is 1. The first kappa shape index (κ1) is 18.8. The molecule has 29 heavy (non-hydrogen) atoms. The van der Waals surface area contributed by atoms with Crippen molar-refractivity contribution in [1.82, 2.24) is 25.4 Å². The molecule has 2 heterocycles. The monoisotopic (exact) mass is 386 g/mol. The minimum atomic E-state index is 0.666. The van der Waals surface area contributed by atoms with Crippen LogP contribution in [0.5, 0.6) is 0 Å². The fraction of sp³-hybridized carbons (Fsp3) is 0.217. The van der Waals surface area contributed by atoms with Crippen LogP contribution >= 0.6 is 0 Å². The van der Waals surface area contributed by atoms with Crippen molar-refractivity contribution in [1.29, 1.82) is 0 Å². The second-order valence-electron chi connectivity index (χ2n) is 7.09. The molecule has 0 spiro atoms. The second-order valence-corrected chi connectivity index (χ2v) is 7.09. The van der Waals surface area contributed by atoms with E-state index >= 15 is 0 Å². The Morgan fingerprint density at radius 1 is 1.14 bits per heavy atom. The summed E-state index contributed by atoms with van der Waals surface area (Å²) in [6.45, 7) is 3.59. The molecule has 4 rings (SSSR count). The summed E-state index contributed by atoms with van der Waals surface area (Å²) in [5, 5.41) is 12.5. The standard InChI is InChI=1S/C23H26N6/c1-17-8-9-21-19(15-26-22(21)12-17)10-11-25-23(24-2)27-13-18-14-28-29(16-18)20-6-4-3-5-7-20/h3-9,12,14-16,26H,10-11,13H2,1-2H3,(H2,24,25,27). The van der Waals surface area contributed by atoms with Crippen molar-refractivity contribution < 1.29 is 0 Å². The molecule has 6 nitrogen and oxygen atoms in total. The number of nitrogens with one attached hydrogen (secondary N) is 3. The van der Waals surface area contributed by atoms with E-state index in [1.54, 1.807) is 7.05 Å². The van der Waals surface area contributed by atoms with Crippen molar-refractivity contribution in [3.05, 3.63) is 83.8 Å². The predicted octanol–water partition coefficient (Wildman–Crippen LogP) is 3.57. The first-order valence-corrected chi connectivity index (χ1v) is 9.83. The second kappa shape index (κ2) is 8.65. The number of hydrogen-bond acceptors (Lipinski definition) is 2. The van der Waals surface area contributed by atoms with Crippen molar-refractivity contribution in [3.63, 3.8) is 0 Å². The quantitative estimate of drug-likeness (QED) is 0.350. The molecule has 148 valence electrons. The molecule has 0 bridgehead atoms. The van der Waals surface area contributed by atoms with Gasteiger partial charge in [-0.3, -0.25) is 4.99 Å². The zero-order valence-corrected chi connectivity index (χ0v) is 16.8. The Balaban J connectivity index is 1.29. The number of nitrogens with zero attached hydrogens (tertiary/aromatic N) is 3. The van der Waals surface area contributed by atoms with Crippen molar-refractivity contribution in [3.8, 4) is 5.69 Å². The number of rotatable bonds is 6. The van der Waals surface area contributed by atoms with Crippen LogP contribution in [-0.4, -0.2) is 34.3 Å². The average Bonchev–Trinajstić information content (AvgIpc) is 3.38. The lowest BCUT2D eigenvalue weighted by atomic mass is 10.1. The number of H-pyrrole nitrogens is 1. The van der Waals surface area contributed by atoms with Gasteiger partial charge < -0.3 is 15.6 Å². The fourth-order valence-electron chi connectivity index (χ4n) is 3.40. The van der Waals surface area contributed by atoms with Gasteiger partial charge in [0.05, 0.1) is 11.9 Å². The van der Waals surface area contributed by atoms with Crippen LogP contribution in [0.1, 0.15) is 16.7 Å². The van der Waals surface area contributed by atoms with Crippen LogP contribution in [0.2, 0.25) is 0 Å². The van der Waals surface area contributed by atoms with Crippen LogP contribution in [-0.2, 0) is 13.0 Å². The molecular weight excluding hydrogens is 360 g/mol. The van der Waals surface area contributed by atoms with Crippen molar-refractivity contribution in [2.24, 2.45) is 4.99 Å². The van der Waals surface area contributed by atoms with Gasteiger partial charge in [-0.05, 0) is 42.7 Å². The van der Waals surface area contributed by atoms with Crippen molar-refractivity contribution in [2.75, 3.05) is 13.6 Å². The Hall–Kier alpha value is -3.54. The first-order chi connectivity index (χ1) is 14.2. The van der Waals surface area contributed by atoms with Crippen molar-refractivity contribution in [2.45, 2.75) is 19.9 Å². The molecular formula is C23H26N6. The molecule has 0 saturated heterocycles. The average molecular weight is 387 g/mol. The zero-order valence-electron chi connectivity index (χ0n) is 16.8. The Labute approximate surface area is 170 Å². The summed E-state index contributed by atoms with van der Waals surface area (Å²) in [7, 11) is 1.79. The topological polar surface area (TPSA) is 70.0 Å². The highest BCUT2D eigenvalue weighted by atomic mass is 15.3. The van der Waals surface area contributed by atoms with E-state index in [2.05, 4.69) is 57.0 Å². The molecule has 2 aromatic heterocycles. The molecule has 0 radical (unpaired) electrons. The van der Waals surface area contributed by atoms with Gasteiger partial charge >= 0.3 is 0 Å². The number of hydrogen-bond donors (Lipinski definition) is 3. The molecule has 2 aromatic carbocycles. The van der Waals surface area contributed by atoms with Crippen LogP contribution in [0.15, 0.2) is 72.1 Å². The van der Waals surface area contributed by atoms with Gasteiger partial charge in [-0.2, -0.15) is 5.10 Å². The minimum Gasteiger partial charge on any atom is -0.361 e. The molecule has 0 aliphatic heterocycles. The minimum absolute atomic E-state index is 0.666. The zero-order chi connectivity index (χ0) is 20.1. The van der Waals surface area contributed by atoms with Gasteiger partial charge in [0, 0.05) is 49.0 Å². The Morgan fingerprint density at radius 2 is 2.00 bits per heavy atom. The first-order valence-electron chi connectivity index (χ1n) is 9.83. The number of aliphatic imine (C=N–C) groups is 1. The van der Waals surface area contributed by atoms with E-state index < -0.39 is 0 Å². The highest BCUT2D eigenvalue weighted by Gasteiger charge is 2.05. The number of benzene rings is 2. The van der Waals surface area contributed by atoms with E-state index in [1.165, 1.54) is 22.0 Å². The lowest BCUT2D eigenvalue weighted by Crippen LogP contribution is -2.37. The fourth-order valence-corrected chi connectivity index (χ4v) is 3.40. The SMILES string of the molecule is CN=C(NCCc1c[nH]c2cc(C)ccc12)NCc1cnn(-c2ccccc2)c1. The molecule has 0 amide bonds. The van der Waals surface area contributed by atoms with E-state index in [4.69, 9.17) is 0 Å². The third-order valence-electron chi connectivity index (χ3n) is 4.95. The molecule has 0 fully saturated rings. The molecule has 6 heteroatoms. The maximum Gasteiger partial charge on any atom is 0.191 e. The number of aromatic amines is 1. The van der Waals surface area contributed by atoms with Crippen LogP contribution < -0.4 is 10.6 Å². The van der Waals surface area contributed by atoms with Gasteiger partial charge in [0.1, 0.15) is 0 Å². The normalized spacial score (nSPS) is 11.7. The summed E-state index contributed by atoms with van der Waals surface area (Å²) in [4.78, 5) is 7.68. The summed E-state index contributed by atoms with van der Waals surface area (Å²) in [6.07, 6.45) is 6.93. The molecule has 0 aliphatic rings. The Kier molecular flexibility index (Phi) is 5.61.